The van der Waals surface area contributed by atoms with Crippen LogP contribution in [-0.4, -0.2) is 54.5 Å². The minimum Gasteiger partial charge on any atom is -0.484 e. The fraction of sp³-hybridized carbons (Fsp3) is 0.682. The standard InChI is InChI=1S/C22H33ClN2O2/c1-17-14-20(15-18(2)22(17)23)27-16-21(26)25-12-7-4-8-19(25)9-13-24-10-5-3-6-11-24/h14-15,19H,3-13,16H2,1-2H3/t19-/m0/s1. The lowest BCUT2D eigenvalue weighted by molar-refractivity contribution is -0.137. The predicted octanol–water partition coefficient (Wildman–Crippen LogP) is 4.59. The molecule has 0 radical (unpaired) electrons. The van der Waals surface area contributed by atoms with Gasteiger partial charge in [-0.2, -0.15) is 0 Å². The van der Waals surface area contributed by atoms with Crippen molar-refractivity contribution in [2.45, 2.75) is 64.8 Å². The molecular weight excluding hydrogens is 360 g/mol. The normalized spacial score (nSPS) is 21.3. The van der Waals surface area contributed by atoms with E-state index in [1.807, 2.05) is 26.0 Å². The molecule has 1 amide bonds. The Labute approximate surface area is 168 Å². The molecule has 1 aromatic rings. The second-order valence-electron chi connectivity index (χ2n) is 8.09. The highest BCUT2D eigenvalue weighted by Crippen LogP contribution is 2.26. The predicted molar refractivity (Wildman–Crippen MR) is 111 cm³/mol. The number of aryl methyl sites for hydroxylation is 2. The lowest BCUT2D eigenvalue weighted by Gasteiger charge is -2.37. The Hall–Kier alpha value is -1.26. The molecule has 150 valence electrons. The van der Waals surface area contributed by atoms with E-state index in [1.165, 1.54) is 38.8 Å². The van der Waals surface area contributed by atoms with Gasteiger partial charge in [-0.25, -0.2) is 0 Å². The van der Waals surface area contributed by atoms with Crippen molar-refractivity contribution in [1.29, 1.82) is 0 Å². The highest BCUT2D eigenvalue weighted by Gasteiger charge is 2.27. The molecule has 2 aliphatic rings. The van der Waals surface area contributed by atoms with Crippen LogP contribution in [0.1, 0.15) is 56.1 Å². The van der Waals surface area contributed by atoms with Crippen LogP contribution < -0.4 is 4.74 Å². The van der Waals surface area contributed by atoms with Crippen molar-refractivity contribution in [2.75, 3.05) is 32.8 Å². The summed E-state index contributed by atoms with van der Waals surface area (Å²) < 4.78 is 5.82. The maximum atomic E-state index is 12.8. The van der Waals surface area contributed by atoms with Crippen molar-refractivity contribution >= 4 is 17.5 Å². The Balaban J connectivity index is 1.53. The number of carbonyl (C=O) groups is 1. The lowest BCUT2D eigenvalue weighted by atomic mass is 9.98. The lowest BCUT2D eigenvalue weighted by Crippen LogP contribution is -2.47. The van der Waals surface area contributed by atoms with Crippen LogP contribution in [0.25, 0.3) is 0 Å². The first-order valence-electron chi connectivity index (χ1n) is 10.5. The van der Waals surface area contributed by atoms with Gasteiger partial charge in [0, 0.05) is 24.2 Å². The number of rotatable bonds is 6. The van der Waals surface area contributed by atoms with Gasteiger partial charge in [0.1, 0.15) is 5.75 Å². The maximum Gasteiger partial charge on any atom is 0.260 e. The van der Waals surface area contributed by atoms with Gasteiger partial charge in [-0.1, -0.05) is 18.0 Å². The van der Waals surface area contributed by atoms with Crippen molar-refractivity contribution in [3.8, 4) is 5.75 Å². The fourth-order valence-electron chi connectivity index (χ4n) is 4.36. The van der Waals surface area contributed by atoms with Crippen molar-refractivity contribution in [1.82, 2.24) is 9.80 Å². The van der Waals surface area contributed by atoms with Crippen LogP contribution in [0.4, 0.5) is 0 Å². The molecule has 2 fully saturated rings. The third-order valence-corrected chi connectivity index (χ3v) is 6.54. The van der Waals surface area contributed by atoms with E-state index in [9.17, 15) is 4.79 Å². The first-order chi connectivity index (χ1) is 13.0. The van der Waals surface area contributed by atoms with E-state index in [2.05, 4.69) is 9.80 Å². The van der Waals surface area contributed by atoms with Crippen LogP contribution in [0.3, 0.4) is 0 Å². The zero-order chi connectivity index (χ0) is 19.2. The number of carbonyl (C=O) groups excluding carboxylic acids is 1. The third-order valence-electron chi connectivity index (χ3n) is 5.95. The van der Waals surface area contributed by atoms with Crippen molar-refractivity contribution < 1.29 is 9.53 Å². The van der Waals surface area contributed by atoms with Gasteiger partial charge in [0.15, 0.2) is 6.61 Å². The quantitative estimate of drug-likeness (QED) is 0.709. The average molecular weight is 393 g/mol. The topological polar surface area (TPSA) is 32.8 Å². The minimum atomic E-state index is 0.112. The number of halogens is 1. The van der Waals surface area contributed by atoms with Crippen molar-refractivity contribution in [2.24, 2.45) is 0 Å². The number of ether oxygens (including phenoxy) is 1. The number of hydrogen-bond acceptors (Lipinski definition) is 3. The summed E-state index contributed by atoms with van der Waals surface area (Å²) in [4.78, 5) is 17.5. The van der Waals surface area contributed by atoms with Gasteiger partial charge in [-0.15, -0.1) is 0 Å². The van der Waals surface area contributed by atoms with Crippen molar-refractivity contribution in [3.63, 3.8) is 0 Å². The molecule has 5 heteroatoms. The summed E-state index contributed by atoms with van der Waals surface area (Å²) >= 11 is 6.22. The number of hydrogen-bond donors (Lipinski definition) is 0. The Morgan fingerprint density at radius 2 is 1.74 bits per heavy atom. The van der Waals surface area contributed by atoms with E-state index in [4.69, 9.17) is 16.3 Å². The molecule has 0 unspecified atom stereocenters. The highest BCUT2D eigenvalue weighted by molar-refractivity contribution is 6.32. The number of amides is 1. The molecule has 1 aromatic carbocycles. The van der Waals surface area contributed by atoms with Gasteiger partial charge < -0.3 is 14.5 Å². The molecule has 0 saturated carbocycles. The molecule has 27 heavy (non-hydrogen) atoms. The average Bonchev–Trinajstić information content (AvgIpc) is 2.69. The first kappa shape index (κ1) is 20.5. The smallest absolute Gasteiger partial charge is 0.260 e. The van der Waals surface area contributed by atoms with E-state index < -0.39 is 0 Å². The summed E-state index contributed by atoms with van der Waals surface area (Å²) in [5.74, 6) is 0.841. The van der Waals surface area contributed by atoms with Gasteiger partial charge in [-0.3, -0.25) is 4.79 Å². The molecule has 3 rings (SSSR count). The molecule has 0 bridgehead atoms. The van der Waals surface area contributed by atoms with Crippen LogP contribution in [0.5, 0.6) is 5.75 Å². The Morgan fingerprint density at radius 1 is 1.07 bits per heavy atom. The van der Waals surface area contributed by atoms with E-state index in [0.717, 1.165) is 54.3 Å². The zero-order valence-corrected chi connectivity index (χ0v) is 17.6. The van der Waals surface area contributed by atoms with E-state index in [1.54, 1.807) is 0 Å². The summed E-state index contributed by atoms with van der Waals surface area (Å²) in [6.45, 7) is 8.46. The van der Waals surface area contributed by atoms with E-state index in [-0.39, 0.29) is 12.5 Å². The Kier molecular flexibility index (Phi) is 7.42. The SMILES string of the molecule is Cc1cc(OCC(=O)N2CCCC[C@H]2CCN2CCCCC2)cc(C)c1Cl. The summed E-state index contributed by atoms with van der Waals surface area (Å²) in [6, 6.07) is 4.18. The molecule has 4 nitrogen and oxygen atoms in total. The second-order valence-corrected chi connectivity index (χ2v) is 8.47. The van der Waals surface area contributed by atoms with Crippen LogP contribution >= 0.6 is 11.6 Å². The molecule has 0 aliphatic carbocycles. The summed E-state index contributed by atoms with van der Waals surface area (Å²) in [5, 5.41) is 0.766. The van der Waals surface area contributed by atoms with Gasteiger partial charge in [0.25, 0.3) is 5.91 Å². The highest BCUT2D eigenvalue weighted by atomic mass is 35.5. The van der Waals surface area contributed by atoms with Gasteiger partial charge in [0.05, 0.1) is 0 Å². The number of benzene rings is 1. The van der Waals surface area contributed by atoms with Crippen LogP contribution in [0, 0.1) is 13.8 Å². The molecule has 2 saturated heterocycles. The van der Waals surface area contributed by atoms with E-state index in [0.29, 0.717) is 6.04 Å². The number of nitrogens with zero attached hydrogens (tertiary/aromatic N) is 2. The Bertz CT molecular complexity index is 620. The summed E-state index contributed by atoms with van der Waals surface area (Å²) in [5.41, 5.74) is 1.97. The molecule has 1 atom stereocenters. The minimum absolute atomic E-state index is 0.112. The molecule has 0 spiro atoms. The van der Waals surface area contributed by atoms with Crippen LogP contribution in [-0.2, 0) is 4.79 Å². The molecule has 0 aromatic heterocycles. The third kappa shape index (κ3) is 5.61. The van der Waals surface area contributed by atoms with Gasteiger partial charge >= 0.3 is 0 Å². The monoisotopic (exact) mass is 392 g/mol. The Morgan fingerprint density at radius 3 is 2.44 bits per heavy atom. The number of piperidine rings is 2. The summed E-state index contributed by atoms with van der Waals surface area (Å²) in [6.07, 6.45) is 8.55. The van der Waals surface area contributed by atoms with Crippen LogP contribution in [0.2, 0.25) is 5.02 Å². The van der Waals surface area contributed by atoms with Crippen molar-refractivity contribution in [3.05, 3.63) is 28.3 Å². The van der Waals surface area contributed by atoms with Gasteiger partial charge in [-0.05, 0) is 88.7 Å². The first-order valence-corrected chi connectivity index (χ1v) is 10.8. The molecular formula is C22H33ClN2O2. The molecule has 2 aliphatic heterocycles. The maximum absolute atomic E-state index is 12.8. The largest absolute Gasteiger partial charge is 0.484 e. The number of likely N-dealkylation sites (tertiary alicyclic amines) is 2. The van der Waals surface area contributed by atoms with Crippen LogP contribution in [0.15, 0.2) is 12.1 Å². The van der Waals surface area contributed by atoms with Gasteiger partial charge in [0.2, 0.25) is 0 Å². The van der Waals surface area contributed by atoms with E-state index >= 15 is 0 Å². The fourth-order valence-corrected chi connectivity index (χ4v) is 4.47. The summed E-state index contributed by atoms with van der Waals surface area (Å²) in [7, 11) is 0. The molecule has 0 N–H and O–H groups in total. The zero-order valence-electron chi connectivity index (χ0n) is 16.8. The second kappa shape index (κ2) is 9.79. The molecule has 2 heterocycles.